The molecule has 3 aromatic heterocycles. The van der Waals surface area contributed by atoms with E-state index in [2.05, 4.69) is 20.3 Å². The van der Waals surface area contributed by atoms with E-state index in [0.717, 1.165) is 17.3 Å². The first-order chi connectivity index (χ1) is 16.1. The monoisotopic (exact) mass is 483 g/mol. The van der Waals surface area contributed by atoms with Crippen LogP contribution in [0.5, 0.6) is 0 Å². The van der Waals surface area contributed by atoms with E-state index in [9.17, 15) is 4.79 Å². The van der Waals surface area contributed by atoms with Crippen molar-refractivity contribution >= 4 is 45.3 Å². The third-order valence-corrected chi connectivity index (χ3v) is 5.81. The number of rotatable bonds is 7. The Bertz CT molecular complexity index is 1350. The molecule has 0 aliphatic heterocycles. The van der Waals surface area contributed by atoms with Crippen LogP contribution in [-0.2, 0) is 10.3 Å². The molecule has 0 spiro atoms. The lowest BCUT2D eigenvalue weighted by molar-refractivity contribution is 0.0757. The summed E-state index contributed by atoms with van der Waals surface area (Å²) in [6.45, 7) is 11.2. The van der Waals surface area contributed by atoms with Crippen molar-refractivity contribution in [2.45, 2.75) is 52.7 Å². The standard InChI is InChI=1S/C24H30ClN7O2/c1-13(2)34-10-6-9-27-23(33)14-7-8-15-16(11-14)30-20(18(15)25)19-17-21(26)28-12-29-22(17)32(31-19)24(3,4)5/h7-8,11-13,30H,6,9-10H2,1-5H3,(H,27,33)(H2,26,28,29). The van der Waals surface area contributed by atoms with Gasteiger partial charge in [-0.1, -0.05) is 17.7 Å². The van der Waals surface area contributed by atoms with E-state index >= 15 is 0 Å². The average molecular weight is 484 g/mol. The number of carbonyl (C=O) groups excluding carboxylic acids is 1. The van der Waals surface area contributed by atoms with Crippen LogP contribution in [0.3, 0.4) is 0 Å². The Morgan fingerprint density at radius 3 is 2.76 bits per heavy atom. The second kappa shape index (κ2) is 9.23. The second-order valence-electron chi connectivity index (χ2n) is 9.49. The van der Waals surface area contributed by atoms with Crippen LogP contribution in [0, 0.1) is 0 Å². The molecule has 0 fully saturated rings. The minimum atomic E-state index is -0.332. The number of hydrogen-bond donors (Lipinski definition) is 3. The highest BCUT2D eigenvalue weighted by atomic mass is 35.5. The number of anilines is 1. The van der Waals surface area contributed by atoms with E-state index in [1.54, 1.807) is 12.1 Å². The fourth-order valence-corrected chi connectivity index (χ4v) is 4.08. The molecule has 10 heteroatoms. The molecule has 3 heterocycles. The van der Waals surface area contributed by atoms with Gasteiger partial charge in [-0.3, -0.25) is 4.79 Å². The van der Waals surface area contributed by atoms with Gasteiger partial charge in [0.2, 0.25) is 0 Å². The summed E-state index contributed by atoms with van der Waals surface area (Å²) in [5.41, 5.74) is 8.96. The summed E-state index contributed by atoms with van der Waals surface area (Å²) in [4.78, 5) is 24.5. The van der Waals surface area contributed by atoms with Gasteiger partial charge in [-0.2, -0.15) is 5.10 Å². The number of hydrogen-bond acceptors (Lipinski definition) is 6. The summed E-state index contributed by atoms with van der Waals surface area (Å²) >= 11 is 6.77. The number of benzene rings is 1. The highest BCUT2D eigenvalue weighted by molar-refractivity contribution is 6.38. The minimum absolute atomic E-state index is 0.154. The molecule has 1 amide bonds. The van der Waals surface area contributed by atoms with Gasteiger partial charge in [-0.15, -0.1) is 0 Å². The number of H-pyrrole nitrogens is 1. The molecule has 0 aliphatic rings. The first-order valence-corrected chi connectivity index (χ1v) is 11.7. The zero-order valence-corrected chi connectivity index (χ0v) is 20.8. The van der Waals surface area contributed by atoms with Crippen LogP contribution >= 0.6 is 11.6 Å². The molecule has 0 radical (unpaired) electrons. The molecule has 0 bridgehead atoms. The van der Waals surface area contributed by atoms with E-state index < -0.39 is 0 Å². The van der Waals surface area contributed by atoms with E-state index in [-0.39, 0.29) is 17.6 Å². The number of nitrogens with one attached hydrogen (secondary N) is 2. The lowest BCUT2D eigenvalue weighted by Gasteiger charge is -2.19. The van der Waals surface area contributed by atoms with Crippen molar-refractivity contribution in [3.8, 4) is 11.4 Å². The molecule has 0 saturated heterocycles. The number of aromatic amines is 1. The topological polar surface area (TPSA) is 124 Å². The zero-order chi connectivity index (χ0) is 24.6. The van der Waals surface area contributed by atoms with E-state index in [1.807, 2.05) is 45.4 Å². The molecule has 0 saturated carbocycles. The molecule has 4 N–H and O–H groups in total. The van der Waals surface area contributed by atoms with Gasteiger partial charge in [-0.25, -0.2) is 14.6 Å². The van der Waals surface area contributed by atoms with Crippen molar-refractivity contribution in [3.63, 3.8) is 0 Å². The Balaban J connectivity index is 1.68. The van der Waals surface area contributed by atoms with Crippen LogP contribution in [0.4, 0.5) is 5.82 Å². The number of nitrogens with zero attached hydrogens (tertiary/aromatic N) is 4. The molecule has 1 aromatic carbocycles. The number of aromatic nitrogens is 5. The predicted molar refractivity (Wildman–Crippen MR) is 135 cm³/mol. The average Bonchev–Trinajstić information content (AvgIpc) is 3.32. The normalized spacial score (nSPS) is 12.2. The third kappa shape index (κ3) is 4.58. The lowest BCUT2D eigenvalue weighted by Crippen LogP contribution is -2.25. The second-order valence-corrected chi connectivity index (χ2v) is 9.87. The first-order valence-electron chi connectivity index (χ1n) is 11.3. The number of fused-ring (bicyclic) bond motifs is 2. The fraction of sp³-hybridized carbons (Fsp3) is 0.417. The Morgan fingerprint density at radius 2 is 2.06 bits per heavy atom. The summed E-state index contributed by atoms with van der Waals surface area (Å²) < 4.78 is 7.33. The maximum Gasteiger partial charge on any atom is 0.251 e. The molecule has 9 nitrogen and oxygen atoms in total. The maximum absolute atomic E-state index is 12.6. The van der Waals surface area contributed by atoms with Crippen LogP contribution in [0.1, 0.15) is 51.4 Å². The SMILES string of the molecule is CC(C)OCCCNC(=O)c1ccc2c(Cl)c(-c3nn(C(C)(C)C)c4ncnc(N)c34)[nH]c2c1. The van der Waals surface area contributed by atoms with Crippen LogP contribution in [0.2, 0.25) is 5.02 Å². The highest BCUT2D eigenvalue weighted by Crippen LogP contribution is 2.39. The van der Waals surface area contributed by atoms with Gasteiger partial charge in [0.25, 0.3) is 5.91 Å². The van der Waals surface area contributed by atoms with Crippen LogP contribution in [-0.4, -0.2) is 49.9 Å². The minimum Gasteiger partial charge on any atom is -0.383 e. The highest BCUT2D eigenvalue weighted by Gasteiger charge is 2.26. The largest absolute Gasteiger partial charge is 0.383 e. The van der Waals surface area contributed by atoms with Crippen molar-refractivity contribution in [1.29, 1.82) is 0 Å². The summed E-state index contributed by atoms with van der Waals surface area (Å²) in [5.74, 6) is 0.172. The molecular formula is C24H30ClN7O2. The third-order valence-electron chi connectivity index (χ3n) is 5.42. The summed E-state index contributed by atoms with van der Waals surface area (Å²) in [6.07, 6.45) is 2.36. The molecular weight excluding hydrogens is 454 g/mol. The Hall–Kier alpha value is -3.17. The van der Waals surface area contributed by atoms with Crippen molar-refractivity contribution in [1.82, 2.24) is 30.0 Å². The molecule has 0 unspecified atom stereocenters. The van der Waals surface area contributed by atoms with Crippen LogP contribution in [0.15, 0.2) is 24.5 Å². The fourth-order valence-electron chi connectivity index (χ4n) is 3.78. The van der Waals surface area contributed by atoms with Gasteiger partial charge in [0.1, 0.15) is 17.8 Å². The molecule has 4 rings (SSSR count). The van der Waals surface area contributed by atoms with Crippen LogP contribution in [0.25, 0.3) is 33.3 Å². The Labute approximate surface area is 203 Å². The van der Waals surface area contributed by atoms with Gasteiger partial charge in [-0.05, 0) is 53.2 Å². The van der Waals surface area contributed by atoms with E-state index in [0.29, 0.717) is 52.0 Å². The van der Waals surface area contributed by atoms with Gasteiger partial charge < -0.3 is 20.8 Å². The van der Waals surface area contributed by atoms with E-state index in [4.69, 9.17) is 27.2 Å². The van der Waals surface area contributed by atoms with Crippen LogP contribution < -0.4 is 11.1 Å². The van der Waals surface area contributed by atoms with Gasteiger partial charge in [0.15, 0.2) is 5.65 Å². The maximum atomic E-state index is 12.6. The first kappa shape index (κ1) is 24.0. The number of amides is 1. The number of nitrogens with two attached hydrogens (primary N) is 1. The van der Waals surface area contributed by atoms with E-state index in [1.165, 1.54) is 6.33 Å². The number of halogens is 1. The zero-order valence-electron chi connectivity index (χ0n) is 20.1. The van der Waals surface area contributed by atoms with Crippen molar-refractivity contribution in [2.24, 2.45) is 0 Å². The summed E-state index contributed by atoms with van der Waals surface area (Å²) in [5, 5.41) is 9.64. The lowest BCUT2D eigenvalue weighted by atomic mass is 10.1. The van der Waals surface area contributed by atoms with Gasteiger partial charge in [0, 0.05) is 29.6 Å². The summed E-state index contributed by atoms with van der Waals surface area (Å²) in [7, 11) is 0. The molecule has 0 aliphatic carbocycles. The van der Waals surface area contributed by atoms with Gasteiger partial charge >= 0.3 is 0 Å². The van der Waals surface area contributed by atoms with Gasteiger partial charge in [0.05, 0.1) is 27.7 Å². The molecule has 0 atom stereocenters. The molecule has 34 heavy (non-hydrogen) atoms. The Kier molecular flexibility index (Phi) is 6.51. The number of nitrogen functional groups attached to an aromatic ring is 1. The molecule has 180 valence electrons. The van der Waals surface area contributed by atoms with Crippen molar-refractivity contribution in [3.05, 3.63) is 35.1 Å². The number of carbonyl (C=O) groups is 1. The number of ether oxygens (including phenoxy) is 1. The quantitative estimate of drug-likeness (QED) is 0.332. The smallest absolute Gasteiger partial charge is 0.251 e. The predicted octanol–water partition coefficient (Wildman–Crippen LogP) is 4.51. The molecule has 4 aromatic rings. The Morgan fingerprint density at radius 1 is 1.29 bits per heavy atom. The van der Waals surface area contributed by atoms with Crippen molar-refractivity contribution in [2.75, 3.05) is 18.9 Å². The van der Waals surface area contributed by atoms with Crippen molar-refractivity contribution < 1.29 is 9.53 Å². The summed E-state index contributed by atoms with van der Waals surface area (Å²) in [6, 6.07) is 5.37.